The van der Waals surface area contributed by atoms with Crippen LogP contribution < -0.4 is 4.90 Å². The van der Waals surface area contributed by atoms with Crippen LogP contribution in [0.15, 0.2) is 24.3 Å². The van der Waals surface area contributed by atoms with Crippen LogP contribution in [0.3, 0.4) is 0 Å². The van der Waals surface area contributed by atoms with E-state index in [4.69, 9.17) is 4.74 Å². The number of likely N-dealkylation sites (N-methyl/N-ethyl adjacent to an activating group) is 1. The van der Waals surface area contributed by atoms with E-state index in [-0.39, 0.29) is 5.91 Å². The average molecular weight is 302 g/mol. The van der Waals surface area contributed by atoms with Crippen molar-refractivity contribution in [2.45, 2.75) is 44.8 Å². The smallest absolute Gasteiger partial charge is 0.421 e. The third kappa shape index (κ3) is 2.03. The molecule has 0 N–H and O–H groups in total. The molecular formula is C17H22N2O3. The number of carbonyl (C=O) groups is 2. The largest absolute Gasteiger partial charge is 0.443 e. The fraction of sp³-hybridized carbons (Fsp3) is 0.529. The fourth-order valence-corrected chi connectivity index (χ4v) is 3.48. The van der Waals surface area contributed by atoms with Gasteiger partial charge in [0, 0.05) is 5.56 Å². The third-order valence-electron chi connectivity index (χ3n) is 4.41. The number of nitrogens with zero attached hydrogens (tertiary/aromatic N) is 2. The Labute approximate surface area is 130 Å². The highest BCUT2D eigenvalue weighted by molar-refractivity contribution is 6.21. The Kier molecular flexibility index (Phi) is 3.29. The van der Waals surface area contributed by atoms with E-state index in [1.54, 1.807) is 20.8 Å². The molecule has 0 unspecified atom stereocenters. The topological polar surface area (TPSA) is 49.9 Å². The second kappa shape index (κ2) is 4.81. The molecule has 0 aliphatic carbocycles. The maximum Gasteiger partial charge on any atom is 0.421 e. The van der Waals surface area contributed by atoms with Gasteiger partial charge in [0.05, 0.1) is 5.69 Å². The van der Waals surface area contributed by atoms with Crippen molar-refractivity contribution in [1.82, 2.24) is 4.90 Å². The molecule has 0 aromatic heterocycles. The summed E-state index contributed by atoms with van der Waals surface area (Å²) in [6, 6.07) is 7.52. The lowest BCUT2D eigenvalue weighted by Crippen LogP contribution is -2.50. The van der Waals surface area contributed by atoms with Gasteiger partial charge in [-0.2, -0.15) is 0 Å². The molecule has 1 spiro atoms. The maximum absolute atomic E-state index is 13.1. The molecule has 0 saturated carbocycles. The van der Waals surface area contributed by atoms with E-state index in [2.05, 4.69) is 4.90 Å². The summed E-state index contributed by atoms with van der Waals surface area (Å²) in [5.74, 6) is -0.192. The quantitative estimate of drug-likeness (QED) is 0.739. The summed E-state index contributed by atoms with van der Waals surface area (Å²) in [6.45, 7) is 6.25. The molecule has 118 valence electrons. The minimum Gasteiger partial charge on any atom is -0.443 e. The van der Waals surface area contributed by atoms with Gasteiger partial charge in [0.2, 0.25) is 0 Å². The molecule has 1 aromatic rings. The van der Waals surface area contributed by atoms with Crippen LogP contribution in [-0.4, -0.2) is 36.1 Å². The van der Waals surface area contributed by atoms with Crippen molar-refractivity contribution in [2.24, 2.45) is 0 Å². The van der Waals surface area contributed by atoms with Crippen molar-refractivity contribution in [1.29, 1.82) is 0 Å². The van der Waals surface area contributed by atoms with Gasteiger partial charge >= 0.3 is 6.09 Å². The van der Waals surface area contributed by atoms with Crippen LogP contribution in [0.2, 0.25) is 0 Å². The number of anilines is 1. The molecule has 0 radical (unpaired) electrons. The summed E-state index contributed by atoms with van der Waals surface area (Å²) in [6.07, 6.45) is 1.08. The standard InChI is InChI=1S/C17H22N2O3/c1-16(2,3)22-15(21)19-13-9-6-5-8-12(13)17(14(19)20)10-7-11-18(17)4/h5-6,8-9H,7,10-11H2,1-4H3/t17-/m1/s1. The van der Waals surface area contributed by atoms with E-state index >= 15 is 0 Å². The lowest BCUT2D eigenvalue weighted by molar-refractivity contribution is -0.127. The summed E-state index contributed by atoms with van der Waals surface area (Å²) >= 11 is 0. The van der Waals surface area contributed by atoms with Gasteiger partial charge in [0.25, 0.3) is 5.91 Å². The minimum absolute atomic E-state index is 0.192. The number of para-hydroxylation sites is 1. The first kappa shape index (κ1) is 15.0. The second-order valence-electron chi connectivity index (χ2n) is 7.02. The van der Waals surface area contributed by atoms with Gasteiger partial charge in [-0.25, -0.2) is 9.69 Å². The molecule has 0 bridgehead atoms. The Morgan fingerprint density at radius 2 is 1.95 bits per heavy atom. The van der Waals surface area contributed by atoms with E-state index in [0.29, 0.717) is 5.69 Å². The van der Waals surface area contributed by atoms with Gasteiger partial charge in [-0.05, 0) is 53.3 Å². The van der Waals surface area contributed by atoms with Crippen LogP contribution in [0.5, 0.6) is 0 Å². The van der Waals surface area contributed by atoms with Gasteiger partial charge in [-0.1, -0.05) is 18.2 Å². The summed E-state index contributed by atoms with van der Waals surface area (Å²) in [5, 5.41) is 0. The molecule has 2 aliphatic heterocycles. The van der Waals surface area contributed by atoms with Crippen LogP contribution in [0.1, 0.15) is 39.2 Å². The zero-order valence-electron chi connectivity index (χ0n) is 13.5. The highest BCUT2D eigenvalue weighted by Gasteiger charge is 2.57. The van der Waals surface area contributed by atoms with Gasteiger partial charge in [0.15, 0.2) is 0 Å². The van der Waals surface area contributed by atoms with Gasteiger partial charge in [0.1, 0.15) is 11.1 Å². The SMILES string of the molecule is CN1CCC[C@@]12C(=O)N(C(=O)OC(C)(C)C)c1ccccc12. The summed E-state index contributed by atoms with van der Waals surface area (Å²) < 4.78 is 5.43. The molecule has 1 saturated heterocycles. The summed E-state index contributed by atoms with van der Waals surface area (Å²) in [5.41, 5.74) is 0.207. The zero-order chi connectivity index (χ0) is 16.1. The normalized spacial score (nSPS) is 24.9. The molecule has 1 fully saturated rings. The molecule has 5 heteroatoms. The van der Waals surface area contributed by atoms with E-state index in [1.165, 1.54) is 4.90 Å². The molecule has 5 nitrogen and oxygen atoms in total. The second-order valence-corrected chi connectivity index (χ2v) is 7.02. The lowest BCUT2D eigenvalue weighted by atomic mass is 9.89. The van der Waals surface area contributed by atoms with Crippen LogP contribution in [0, 0.1) is 0 Å². The van der Waals surface area contributed by atoms with Crippen molar-refractivity contribution >= 4 is 17.7 Å². The Balaban J connectivity index is 2.07. The molecule has 2 heterocycles. The third-order valence-corrected chi connectivity index (χ3v) is 4.41. The van der Waals surface area contributed by atoms with E-state index in [9.17, 15) is 9.59 Å². The van der Waals surface area contributed by atoms with Crippen LogP contribution >= 0.6 is 0 Å². The van der Waals surface area contributed by atoms with Crippen molar-refractivity contribution in [3.63, 3.8) is 0 Å². The number of hydrogen-bond donors (Lipinski definition) is 0. The lowest BCUT2D eigenvalue weighted by Gasteiger charge is -2.31. The van der Waals surface area contributed by atoms with Gasteiger partial charge in [-0.15, -0.1) is 0 Å². The van der Waals surface area contributed by atoms with E-state index < -0.39 is 17.2 Å². The maximum atomic E-state index is 13.1. The molecule has 2 aliphatic rings. The zero-order valence-corrected chi connectivity index (χ0v) is 13.5. The summed E-state index contributed by atoms with van der Waals surface area (Å²) in [7, 11) is 1.94. The van der Waals surface area contributed by atoms with Crippen molar-refractivity contribution in [3.8, 4) is 0 Å². The van der Waals surface area contributed by atoms with Crippen molar-refractivity contribution < 1.29 is 14.3 Å². The van der Waals surface area contributed by atoms with Gasteiger partial charge < -0.3 is 4.74 Å². The Hall–Kier alpha value is -1.88. The highest BCUT2D eigenvalue weighted by atomic mass is 16.6. The van der Waals surface area contributed by atoms with Crippen molar-refractivity contribution in [2.75, 3.05) is 18.5 Å². The molecule has 3 rings (SSSR count). The van der Waals surface area contributed by atoms with E-state index in [0.717, 1.165) is 24.9 Å². The van der Waals surface area contributed by atoms with Crippen molar-refractivity contribution in [3.05, 3.63) is 29.8 Å². The number of hydrogen-bond acceptors (Lipinski definition) is 4. The number of rotatable bonds is 0. The molecule has 1 aromatic carbocycles. The Morgan fingerprint density at radius 3 is 2.55 bits per heavy atom. The number of benzene rings is 1. The predicted octanol–water partition coefficient (Wildman–Crippen LogP) is 2.89. The molecular weight excluding hydrogens is 280 g/mol. The molecule has 2 amide bonds. The van der Waals surface area contributed by atoms with Crippen LogP contribution in [-0.2, 0) is 15.1 Å². The molecule has 1 atom stereocenters. The number of imide groups is 1. The number of likely N-dealkylation sites (tertiary alicyclic amines) is 1. The molecule has 22 heavy (non-hydrogen) atoms. The fourth-order valence-electron chi connectivity index (χ4n) is 3.48. The number of ether oxygens (including phenoxy) is 1. The van der Waals surface area contributed by atoms with Crippen LogP contribution in [0.4, 0.5) is 10.5 Å². The number of fused-ring (bicyclic) bond motifs is 2. The monoisotopic (exact) mass is 302 g/mol. The van der Waals surface area contributed by atoms with Crippen LogP contribution in [0.25, 0.3) is 0 Å². The Bertz CT molecular complexity index is 635. The van der Waals surface area contributed by atoms with Gasteiger partial charge in [-0.3, -0.25) is 9.69 Å². The first-order chi connectivity index (χ1) is 10.3. The number of carbonyl (C=O) groups excluding carboxylic acids is 2. The first-order valence-corrected chi connectivity index (χ1v) is 7.66. The average Bonchev–Trinajstić information content (AvgIpc) is 2.90. The van der Waals surface area contributed by atoms with E-state index in [1.807, 2.05) is 31.3 Å². The Morgan fingerprint density at radius 1 is 1.27 bits per heavy atom. The highest BCUT2D eigenvalue weighted by Crippen LogP contribution is 2.49. The summed E-state index contributed by atoms with van der Waals surface area (Å²) in [4.78, 5) is 28.9. The first-order valence-electron chi connectivity index (χ1n) is 7.66. The predicted molar refractivity (Wildman–Crippen MR) is 83.7 cm³/mol. The minimum atomic E-state index is -0.715. The number of amides is 2.